The van der Waals surface area contributed by atoms with E-state index in [1.54, 1.807) is 11.3 Å². The van der Waals surface area contributed by atoms with E-state index in [0.29, 0.717) is 5.41 Å². The number of hydrogen-bond acceptors (Lipinski definition) is 4. The maximum atomic E-state index is 4.21. The van der Waals surface area contributed by atoms with Gasteiger partial charge in [0.2, 0.25) is 0 Å². The number of hydrogen-bond donors (Lipinski definition) is 0. The molecular formula is C12H19BrN2S2. The normalized spacial score (nSPS) is 20.1. The van der Waals surface area contributed by atoms with Gasteiger partial charge in [-0.2, -0.15) is 0 Å². The molecule has 1 aromatic rings. The first-order valence-corrected chi connectivity index (χ1v) is 9.15. The van der Waals surface area contributed by atoms with Crippen LogP contribution in [-0.4, -0.2) is 21.3 Å². The quantitative estimate of drug-likeness (QED) is 0.454. The van der Waals surface area contributed by atoms with E-state index < -0.39 is 0 Å². The summed E-state index contributed by atoms with van der Waals surface area (Å²) in [6.45, 7) is 2.02. The van der Waals surface area contributed by atoms with Gasteiger partial charge in [0.25, 0.3) is 0 Å². The smallest absolute Gasteiger partial charge is 0.143 e. The van der Waals surface area contributed by atoms with Crippen LogP contribution in [0.25, 0.3) is 0 Å². The van der Waals surface area contributed by atoms with E-state index >= 15 is 0 Å². The zero-order valence-electron chi connectivity index (χ0n) is 10.2. The molecule has 0 aromatic carbocycles. The zero-order chi connectivity index (χ0) is 12.1. The number of alkyl halides is 1. The van der Waals surface area contributed by atoms with Crippen molar-refractivity contribution < 1.29 is 0 Å². The molecule has 17 heavy (non-hydrogen) atoms. The van der Waals surface area contributed by atoms with E-state index in [4.69, 9.17) is 0 Å². The van der Waals surface area contributed by atoms with Crippen LogP contribution in [0, 0.1) is 12.3 Å². The van der Waals surface area contributed by atoms with Gasteiger partial charge in [0.15, 0.2) is 4.34 Å². The molecule has 0 saturated heterocycles. The summed E-state index contributed by atoms with van der Waals surface area (Å²) in [5, 5.41) is 10.5. The van der Waals surface area contributed by atoms with Gasteiger partial charge in [-0.15, -0.1) is 10.2 Å². The van der Waals surface area contributed by atoms with Crippen LogP contribution < -0.4 is 0 Å². The lowest BCUT2D eigenvalue weighted by atomic mass is 9.85. The molecule has 2 nitrogen and oxygen atoms in total. The molecule has 0 amide bonds. The first kappa shape index (κ1) is 13.8. The minimum Gasteiger partial charge on any atom is -0.143 e. The number of rotatable bonds is 4. The molecule has 0 spiro atoms. The highest BCUT2D eigenvalue weighted by molar-refractivity contribution is 9.09. The molecule has 1 heterocycles. The van der Waals surface area contributed by atoms with Gasteiger partial charge in [0, 0.05) is 11.1 Å². The molecule has 1 saturated carbocycles. The Hall–Kier alpha value is 0.390. The monoisotopic (exact) mass is 334 g/mol. The van der Waals surface area contributed by atoms with Crippen molar-refractivity contribution >= 4 is 39.0 Å². The van der Waals surface area contributed by atoms with Crippen molar-refractivity contribution in [1.82, 2.24) is 10.2 Å². The Bertz CT molecular complexity index is 346. The average molecular weight is 335 g/mol. The fraction of sp³-hybridized carbons (Fsp3) is 0.833. The molecule has 1 fully saturated rings. The maximum Gasteiger partial charge on any atom is 0.174 e. The average Bonchev–Trinajstić information content (AvgIpc) is 2.63. The summed E-state index contributed by atoms with van der Waals surface area (Å²) in [5.41, 5.74) is 0.487. The second-order valence-corrected chi connectivity index (χ2v) is 7.89. The van der Waals surface area contributed by atoms with E-state index in [1.807, 2.05) is 18.7 Å². The molecule has 0 radical (unpaired) electrons. The summed E-state index contributed by atoms with van der Waals surface area (Å²) in [5.74, 6) is 1.19. The number of thioether (sulfide) groups is 1. The number of nitrogens with zero attached hydrogens (tertiary/aromatic N) is 2. The van der Waals surface area contributed by atoms with E-state index in [9.17, 15) is 0 Å². The molecule has 5 heteroatoms. The van der Waals surface area contributed by atoms with Crippen LogP contribution in [0.2, 0.25) is 0 Å². The Morgan fingerprint density at radius 3 is 2.47 bits per heavy atom. The highest BCUT2D eigenvalue weighted by Gasteiger charge is 2.30. The Kier molecular flexibility index (Phi) is 5.30. The Morgan fingerprint density at radius 1 is 1.24 bits per heavy atom. The Morgan fingerprint density at radius 2 is 1.94 bits per heavy atom. The van der Waals surface area contributed by atoms with Crippen LogP contribution in [0.5, 0.6) is 0 Å². The summed E-state index contributed by atoms with van der Waals surface area (Å²) in [6.07, 6.45) is 8.34. The van der Waals surface area contributed by atoms with Gasteiger partial charge >= 0.3 is 0 Å². The largest absolute Gasteiger partial charge is 0.174 e. The van der Waals surface area contributed by atoms with Gasteiger partial charge in [-0.05, 0) is 25.2 Å². The lowest BCUT2D eigenvalue weighted by molar-refractivity contribution is 0.334. The highest BCUT2D eigenvalue weighted by atomic mass is 79.9. The third-order valence-corrected chi connectivity index (χ3v) is 6.97. The molecule has 2 rings (SSSR count). The SMILES string of the molecule is Cc1nnc(SCC2(CBr)CCCCCC2)s1. The Labute approximate surface area is 120 Å². The van der Waals surface area contributed by atoms with E-state index in [1.165, 1.54) is 44.3 Å². The molecule has 0 unspecified atom stereocenters. The molecule has 0 N–H and O–H groups in total. The van der Waals surface area contributed by atoms with E-state index in [2.05, 4.69) is 26.1 Å². The third kappa shape index (κ3) is 3.93. The summed E-state index contributed by atoms with van der Waals surface area (Å²) < 4.78 is 1.13. The predicted octanol–water partition coefficient (Wildman–Crippen LogP) is 4.67. The molecule has 0 aliphatic heterocycles. The van der Waals surface area contributed by atoms with Gasteiger partial charge in [-0.3, -0.25) is 0 Å². The molecule has 96 valence electrons. The van der Waals surface area contributed by atoms with Crippen molar-refractivity contribution in [3.8, 4) is 0 Å². The zero-order valence-corrected chi connectivity index (χ0v) is 13.5. The molecule has 1 aliphatic carbocycles. The summed E-state index contributed by atoms with van der Waals surface area (Å²) in [6, 6.07) is 0. The Balaban J connectivity index is 1.93. The van der Waals surface area contributed by atoms with Gasteiger partial charge < -0.3 is 0 Å². The molecular weight excluding hydrogens is 316 g/mol. The molecule has 0 atom stereocenters. The number of aryl methyl sites for hydroxylation is 1. The second kappa shape index (κ2) is 6.53. The lowest BCUT2D eigenvalue weighted by Crippen LogP contribution is -2.25. The second-order valence-electron chi connectivity index (χ2n) is 4.92. The third-order valence-electron chi connectivity index (χ3n) is 3.46. The standard InChI is InChI=1S/C12H19BrN2S2/c1-10-14-15-11(17-10)16-9-12(8-13)6-4-2-3-5-7-12/h2-9H2,1H3. The van der Waals surface area contributed by atoms with E-state index in [0.717, 1.165) is 14.7 Å². The van der Waals surface area contributed by atoms with Crippen LogP contribution in [0.3, 0.4) is 0 Å². The molecule has 1 aromatic heterocycles. The van der Waals surface area contributed by atoms with Crippen molar-refractivity contribution in [2.75, 3.05) is 11.1 Å². The fourth-order valence-corrected chi connectivity index (χ4v) is 5.48. The summed E-state index contributed by atoms with van der Waals surface area (Å²) in [7, 11) is 0. The van der Waals surface area contributed by atoms with Crippen molar-refractivity contribution in [3.63, 3.8) is 0 Å². The number of halogens is 1. The summed E-state index contributed by atoms with van der Waals surface area (Å²) in [4.78, 5) is 0. The maximum absolute atomic E-state index is 4.21. The van der Waals surface area contributed by atoms with Crippen LogP contribution >= 0.6 is 39.0 Å². The van der Waals surface area contributed by atoms with Crippen molar-refractivity contribution in [2.24, 2.45) is 5.41 Å². The minimum atomic E-state index is 0.487. The molecule has 0 bridgehead atoms. The minimum absolute atomic E-state index is 0.487. The highest BCUT2D eigenvalue weighted by Crippen LogP contribution is 2.41. The molecule has 1 aliphatic rings. The first-order valence-electron chi connectivity index (χ1n) is 6.23. The van der Waals surface area contributed by atoms with Crippen LogP contribution in [0.1, 0.15) is 43.5 Å². The lowest BCUT2D eigenvalue weighted by Gasteiger charge is -2.29. The van der Waals surface area contributed by atoms with Gasteiger partial charge in [0.05, 0.1) is 0 Å². The first-order chi connectivity index (χ1) is 8.24. The van der Waals surface area contributed by atoms with Crippen molar-refractivity contribution in [3.05, 3.63) is 5.01 Å². The topological polar surface area (TPSA) is 25.8 Å². The van der Waals surface area contributed by atoms with Gasteiger partial charge in [0.1, 0.15) is 5.01 Å². The number of aromatic nitrogens is 2. The van der Waals surface area contributed by atoms with Crippen LogP contribution in [-0.2, 0) is 0 Å². The van der Waals surface area contributed by atoms with Crippen LogP contribution in [0.15, 0.2) is 4.34 Å². The van der Waals surface area contributed by atoms with E-state index in [-0.39, 0.29) is 0 Å². The van der Waals surface area contributed by atoms with Gasteiger partial charge in [-0.25, -0.2) is 0 Å². The van der Waals surface area contributed by atoms with Gasteiger partial charge in [-0.1, -0.05) is 64.7 Å². The predicted molar refractivity (Wildman–Crippen MR) is 79.3 cm³/mol. The van der Waals surface area contributed by atoms with Crippen LogP contribution in [0.4, 0.5) is 0 Å². The van der Waals surface area contributed by atoms with Crippen molar-refractivity contribution in [2.45, 2.75) is 49.8 Å². The summed E-state index contributed by atoms with van der Waals surface area (Å²) >= 11 is 7.35. The van der Waals surface area contributed by atoms with Crippen molar-refractivity contribution in [1.29, 1.82) is 0 Å². The fourth-order valence-electron chi connectivity index (χ4n) is 2.35.